The summed E-state index contributed by atoms with van der Waals surface area (Å²) >= 11 is 0. The molecule has 0 spiro atoms. The normalized spacial score (nSPS) is 12.6. The van der Waals surface area contributed by atoms with E-state index in [4.69, 9.17) is 0 Å². The van der Waals surface area contributed by atoms with E-state index in [0.717, 1.165) is 13.1 Å². The van der Waals surface area contributed by atoms with Crippen molar-refractivity contribution in [1.29, 1.82) is 0 Å². The Morgan fingerprint density at radius 3 is 2.85 bits per heavy atom. The molecule has 0 aliphatic heterocycles. The fraction of sp³-hybridized carbons (Fsp3) is 0.292. The van der Waals surface area contributed by atoms with Gasteiger partial charge in [0.25, 0.3) is 0 Å². The standard InChI is InChI=1S/C24H27N3/c1-19(26-17-20-9-10-23-18-25-13-11-22(23)16-20)6-4-5-14-27-15-12-21-7-2-3-8-24(21)27/h2-3,7-13,15-16,18-19,26H,4-6,14,17H2,1H3/t19-/m1/s1. The SMILES string of the molecule is C[C@H](CCCCn1ccc2ccccc21)NCc1ccc2cnccc2c1. The summed E-state index contributed by atoms with van der Waals surface area (Å²) < 4.78 is 2.37. The number of nitrogens with zero attached hydrogens (tertiary/aromatic N) is 2. The monoisotopic (exact) mass is 357 g/mol. The van der Waals surface area contributed by atoms with Crippen molar-refractivity contribution in [2.45, 2.75) is 45.3 Å². The molecule has 0 aliphatic carbocycles. The van der Waals surface area contributed by atoms with E-state index in [1.54, 1.807) is 0 Å². The van der Waals surface area contributed by atoms with Gasteiger partial charge in [-0.3, -0.25) is 4.98 Å². The van der Waals surface area contributed by atoms with Gasteiger partial charge >= 0.3 is 0 Å². The Hall–Kier alpha value is -2.65. The fourth-order valence-corrected chi connectivity index (χ4v) is 3.71. The van der Waals surface area contributed by atoms with E-state index in [9.17, 15) is 0 Å². The average Bonchev–Trinajstić information content (AvgIpc) is 3.13. The van der Waals surface area contributed by atoms with E-state index in [1.807, 2.05) is 12.4 Å². The van der Waals surface area contributed by atoms with Crippen LogP contribution in [0.15, 0.2) is 73.2 Å². The highest BCUT2D eigenvalue weighted by atomic mass is 14.9. The topological polar surface area (TPSA) is 29.9 Å². The summed E-state index contributed by atoms with van der Waals surface area (Å²) in [7, 11) is 0. The van der Waals surface area contributed by atoms with Crippen LogP contribution < -0.4 is 5.32 Å². The quantitative estimate of drug-likeness (QED) is 0.420. The summed E-state index contributed by atoms with van der Waals surface area (Å²) in [5.74, 6) is 0. The van der Waals surface area contributed by atoms with Gasteiger partial charge in [0.05, 0.1) is 0 Å². The van der Waals surface area contributed by atoms with Crippen LogP contribution in [0.3, 0.4) is 0 Å². The molecule has 0 saturated heterocycles. The highest BCUT2D eigenvalue weighted by molar-refractivity contribution is 5.82. The second-order valence-corrected chi connectivity index (χ2v) is 7.40. The van der Waals surface area contributed by atoms with Gasteiger partial charge in [0.1, 0.15) is 0 Å². The van der Waals surface area contributed by atoms with E-state index in [2.05, 4.69) is 82.6 Å². The van der Waals surface area contributed by atoms with Gasteiger partial charge in [-0.1, -0.05) is 36.8 Å². The van der Waals surface area contributed by atoms with E-state index >= 15 is 0 Å². The number of pyridine rings is 1. The molecule has 3 nitrogen and oxygen atoms in total. The van der Waals surface area contributed by atoms with Gasteiger partial charge in [0, 0.05) is 48.6 Å². The van der Waals surface area contributed by atoms with Crippen molar-refractivity contribution >= 4 is 21.7 Å². The molecule has 0 aliphatic rings. The Bertz CT molecular complexity index is 1020. The van der Waals surface area contributed by atoms with Crippen molar-refractivity contribution in [3.8, 4) is 0 Å². The molecule has 138 valence electrons. The van der Waals surface area contributed by atoms with Gasteiger partial charge in [0.15, 0.2) is 0 Å². The predicted molar refractivity (Wildman–Crippen MR) is 114 cm³/mol. The van der Waals surface area contributed by atoms with E-state index in [1.165, 1.54) is 46.5 Å². The number of hydrogen-bond donors (Lipinski definition) is 1. The first-order valence-electron chi connectivity index (χ1n) is 9.89. The molecular weight excluding hydrogens is 330 g/mol. The number of unbranched alkanes of at least 4 members (excludes halogenated alkanes) is 1. The van der Waals surface area contributed by atoms with E-state index in [0.29, 0.717) is 6.04 Å². The smallest absolute Gasteiger partial charge is 0.0480 e. The molecule has 0 unspecified atom stereocenters. The average molecular weight is 358 g/mol. The van der Waals surface area contributed by atoms with Crippen molar-refractivity contribution < 1.29 is 0 Å². The highest BCUT2D eigenvalue weighted by Crippen LogP contribution is 2.17. The highest BCUT2D eigenvalue weighted by Gasteiger charge is 2.04. The van der Waals surface area contributed by atoms with Crippen molar-refractivity contribution in [1.82, 2.24) is 14.9 Å². The summed E-state index contributed by atoms with van der Waals surface area (Å²) in [6.45, 7) is 4.30. The predicted octanol–water partition coefficient (Wildman–Crippen LogP) is 5.54. The molecule has 0 saturated carbocycles. The van der Waals surface area contributed by atoms with Crippen LogP contribution in [0.25, 0.3) is 21.7 Å². The van der Waals surface area contributed by atoms with E-state index in [-0.39, 0.29) is 0 Å². The molecule has 1 atom stereocenters. The lowest BCUT2D eigenvalue weighted by molar-refractivity contribution is 0.477. The molecule has 2 aromatic heterocycles. The third-order valence-corrected chi connectivity index (χ3v) is 5.33. The number of hydrogen-bond acceptors (Lipinski definition) is 2. The number of para-hydroxylation sites is 1. The van der Waals surface area contributed by atoms with Gasteiger partial charge in [-0.25, -0.2) is 0 Å². The maximum absolute atomic E-state index is 4.18. The maximum Gasteiger partial charge on any atom is 0.0480 e. The van der Waals surface area contributed by atoms with Crippen molar-refractivity contribution in [2.24, 2.45) is 0 Å². The number of aromatic nitrogens is 2. The van der Waals surface area contributed by atoms with Crippen LogP contribution >= 0.6 is 0 Å². The second kappa shape index (κ2) is 8.36. The zero-order valence-electron chi connectivity index (χ0n) is 15.9. The molecule has 27 heavy (non-hydrogen) atoms. The Morgan fingerprint density at radius 2 is 1.89 bits per heavy atom. The number of benzene rings is 2. The molecule has 3 heteroatoms. The van der Waals surface area contributed by atoms with Gasteiger partial charge in [-0.2, -0.15) is 0 Å². The fourth-order valence-electron chi connectivity index (χ4n) is 3.71. The molecule has 0 fully saturated rings. The van der Waals surface area contributed by atoms with Gasteiger partial charge in [-0.05, 0) is 60.4 Å². The summed E-state index contributed by atoms with van der Waals surface area (Å²) in [5, 5.41) is 7.46. The molecule has 2 heterocycles. The lowest BCUT2D eigenvalue weighted by Crippen LogP contribution is -2.25. The van der Waals surface area contributed by atoms with Gasteiger partial charge in [0.2, 0.25) is 0 Å². The van der Waals surface area contributed by atoms with Gasteiger partial charge in [-0.15, -0.1) is 0 Å². The van der Waals surface area contributed by atoms with Crippen LogP contribution in [0.1, 0.15) is 31.7 Å². The maximum atomic E-state index is 4.18. The van der Waals surface area contributed by atoms with Crippen LogP contribution in [0.2, 0.25) is 0 Å². The van der Waals surface area contributed by atoms with Crippen molar-refractivity contribution in [3.63, 3.8) is 0 Å². The third-order valence-electron chi connectivity index (χ3n) is 5.33. The molecule has 1 N–H and O–H groups in total. The van der Waals surface area contributed by atoms with Crippen molar-refractivity contribution in [2.75, 3.05) is 0 Å². The molecule has 0 amide bonds. The van der Waals surface area contributed by atoms with Crippen LogP contribution in [0, 0.1) is 0 Å². The molecule has 0 radical (unpaired) electrons. The molecule has 2 aromatic carbocycles. The number of rotatable bonds is 8. The van der Waals surface area contributed by atoms with Crippen LogP contribution in [0.5, 0.6) is 0 Å². The minimum Gasteiger partial charge on any atom is -0.347 e. The Labute approximate surface area is 161 Å². The van der Waals surface area contributed by atoms with Crippen LogP contribution in [0.4, 0.5) is 0 Å². The lowest BCUT2D eigenvalue weighted by atomic mass is 10.1. The lowest BCUT2D eigenvalue weighted by Gasteiger charge is -2.14. The zero-order chi connectivity index (χ0) is 18.5. The van der Waals surface area contributed by atoms with Crippen LogP contribution in [-0.4, -0.2) is 15.6 Å². The molecule has 4 aromatic rings. The Kier molecular flexibility index (Phi) is 5.50. The molecule has 4 rings (SSSR count). The van der Waals surface area contributed by atoms with E-state index < -0.39 is 0 Å². The first-order chi connectivity index (χ1) is 13.3. The Balaban J connectivity index is 1.22. The first-order valence-corrected chi connectivity index (χ1v) is 9.89. The first kappa shape index (κ1) is 17.7. The van der Waals surface area contributed by atoms with Gasteiger partial charge < -0.3 is 9.88 Å². The summed E-state index contributed by atoms with van der Waals surface area (Å²) in [6.07, 6.45) is 9.65. The summed E-state index contributed by atoms with van der Waals surface area (Å²) in [4.78, 5) is 4.18. The number of fused-ring (bicyclic) bond motifs is 2. The van der Waals surface area contributed by atoms with Crippen LogP contribution in [-0.2, 0) is 13.1 Å². The minimum absolute atomic E-state index is 0.527. The summed E-state index contributed by atoms with van der Waals surface area (Å²) in [6, 6.07) is 20.0. The summed E-state index contributed by atoms with van der Waals surface area (Å²) in [5.41, 5.74) is 2.68. The zero-order valence-corrected chi connectivity index (χ0v) is 15.9. The molecular formula is C24H27N3. The minimum atomic E-state index is 0.527. The number of aryl methyl sites for hydroxylation is 1. The second-order valence-electron chi connectivity index (χ2n) is 7.40. The Morgan fingerprint density at radius 1 is 0.963 bits per heavy atom. The third kappa shape index (κ3) is 4.37. The molecule has 0 bridgehead atoms. The largest absolute Gasteiger partial charge is 0.347 e. The number of nitrogens with one attached hydrogen (secondary N) is 1. The van der Waals surface area contributed by atoms with Crippen molar-refractivity contribution in [3.05, 3.63) is 78.8 Å².